The summed E-state index contributed by atoms with van der Waals surface area (Å²) in [4.78, 5) is 0. The lowest BCUT2D eigenvalue weighted by molar-refractivity contribution is 0.764. The van der Waals surface area contributed by atoms with Crippen molar-refractivity contribution in [3.8, 4) is 11.5 Å². The summed E-state index contributed by atoms with van der Waals surface area (Å²) >= 11 is 0. The van der Waals surface area contributed by atoms with Crippen LogP contribution in [0.15, 0.2) is 30.6 Å². The van der Waals surface area contributed by atoms with Crippen LogP contribution in [-0.4, -0.2) is 25.0 Å². The smallest absolute Gasteiger partial charge is 0.184 e. The van der Waals surface area contributed by atoms with Gasteiger partial charge in [0.25, 0.3) is 0 Å². The van der Waals surface area contributed by atoms with E-state index >= 15 is 0 Å². The number of hydrogen-bond acceptors (Lipinski definition) is 3. The highest BCUT2D eigenvalue weighted by atomic mass is 15.3. The molecule has 0 amide bonds. The van der Waals surface area contributed by atoms with Gasteiger partial charge in [-0.25, -0.2) is 0 Å². The lowest BCUT2D eigenvalue weighted by atomic mass is 10.2. The molecular weight excluding hydrogens is 202 g/mol. The fourth-order valence-corrected chi connectivity index (χ4v) is 1.80. The summed E-state index contributed by atoms with van der Waals surface area (Å²) in [7, 11) is 0. The molecule has 1 aromatic carbocycles. The van der Waals surface area contributed by atoms with E-state index in [9.17, 15) is 0 Å². The summed E-state index contributed by atoms with van der Waals surface area (Å²) in [5, 5.41) is 16.4. The minimum absolute atomic E-state index is 0.806. The van der Waals surface area contributed by atoms with Crippen LogP contribution < -0.4 is 0 Å². The number of aromatic nitrogens is 5. The van der Waals surface area contributed by atoms with Crippen LogP contribution >= 0.6 is 0 Å². The average molecular weight is 213 g/mol. The van der Waals surface area contributed by atoms with E-state index in [-0.39, 0.29) is 0 Å². The third-order valence-electron chi connectivity index (χ3n) is 2.64. The van der Waals surface area contributed by atoms with Gasteiger partial charge in [0.05, 0.1) is 5.52 Å². The van der Waals surface area contributed by atoms with Gasteiger partial charge >= 0.3 is 0 Å². The average Bonchev–Trinajstić information content (AvgIpc) is 2.94. The normalized spacial score (nSPS) is 11.1. The second-order valence-electron chi connectivity index (χ2n) is 3.56. The Bertz CT molecular complexity index is 622. The Hall–Kier alpha value is -2.17. The van der Waals surface area contributed by atoms with Crippen molar-refractivity contribution in [3.05, 3.63) is 30.6 Å². The topological polar surface area (TPSA) is 59.4 Å². The van der Waals surface area contributed by atoms with E-state index in [1.807, 2.05) is 28.8 Å². The van der Waals surface area contributed by atoms with Crippen molar-refractivity contribution in [3.63, 3.8) is 0 Å². The monoisotopic (exact) mass is 213 g/mol. The standard InChI is InChI=1S/C11H11N5/c1-2-16-7-12-15-11(16)10-8-5-3-4-6-9(8)13-14-10/h3-7H,2H2,1H3,(H,13,14). The molecule has 0 aliphatic carbocycles. The zero-order valence-corrected chi connectivity index (χ0v) is 8.88. The quantitative estimate of drug-likeness (QED) is 0.706. The Morgan fingerprint density at radius 1 is 1.31 bits per heavy atom. The number of benzene rings is 1. The Kier molecular flexibility index (Phi) is 1.96. The largest absolute Gasteiger partial charge is 0.313 e. The second-order valence-corrected chi connectivity index (χ2v) is 3.56. The van der Waals surface area contributed by atoms with Gasteiger partial charge in [0.1, 0.15) is 12.0 Å². The van der Waals surface area contributed by atoms with Crippen LogP contribution in [0.5, 0.6) is 0 Å². The molecule has 0 aliphatic rings. The molecule has 2 heterocycles. The van der Waals surface area contributed by atoms with Crippen LogP contribution in [0, 0.1) is 0 Å². The summed E-state index contributed by atoms with van der Waals surface area (Å²) in [6, 6.07) is 8.00. The second kappa shape index (κ2) is 3.44. The molecule has 0 bridgehead atoms. The third-order valence-corrected chi connectivity index (χ3v) is 2.64. The van der Waals surface area contributed by atoms with Crippen LogP contribution in [0.3, 0.4) is 0 Å². The van der Waals surface area contributed by atoms with Crippen molar-refractivity contribution < 1.29 is 0 Å². The van der Waals surface area contributed by atoms with Gasteiger partial charge in [0.15, 0.2) is 5.82 Å². The van der Waals surface area contributed by atoms with Gasteiger partial charge < -0.3 is 4.57 Å². The fraction of sp³-hybridized carbons (Fsp3) is 0.182. The summed E-state index contributed by atoms with van der Waals surface area (Å²) in [6.45, 7) is 2.89. The van der Waals surface area contributed by atoms with Gasteiger partial charge in [-0.1, -0.05) is 18.2 Å². The molecule has 0 aliphatic heterocycles. The Morgan fingerprint density at radius 2 is 2.19 bits per heavy atom. The summed E-state index contributed by atoms with van der Waals surface area (Å²) in [6.07, 6.45) is 1.72. The predicted octanol–water partition coefficient (Wildman–Crippen LogP) is 1.84. The Labute approximate surface area is 92.1 Å². The molecule has 0 unspecified atom stereocenters. The van der Waals surface area contributed by atoms with Gasteiger partial charge in [-0.3, -0.25) is 5.10 Å². The highest BCUT2D eigenvalue weighted by Gasteiger charge is 2.12. The molecule has 3 aromatic rings. The van der Waals surface area contributed by atoms with E-state index in [4.69, 9.17) is 0 Å². The number of nitrogens with zero attached hydrogens (tertiary/aromatic N) is 4. The summed E-state index contributed by atoms with van der Waals surface area (Å²) in [5.74, 6) is 0.806. The van der Waals surface area contributed by atoms with Crippen LogP contribution in [0.25, 0.3) is 22.4 Å². The molecule has 0 fully saturated rings. The van der Waals surface area contributed by atoms with Crippen molar-refractivity contribution in [2.45, 2.75) is 13.5 Å². The van der Waals surface area contributed by atoms with Crippen LogP contribution in [0.1, 0.15) is 6.92 Å². The fourth-order valence-electron chi connectivity index (χ4n) is 1.80. The highest BCUT2D eigenvalue weighted by molar-refractivity contribution is 5.90. The van der Waals surface area contributed by atoms with E-state index in [2.05, 4.69) is 27.3 Å². The maximum Gasteiger partial charge on any atom is 0.184 e. The molecule has 0 saturated carbocycles. The molecule has 1 N–H and O–H groups in total. The predicted molar refractivity (Wildman–Crippen MR) is 60.8 cm³/mol. The number of rotatable bonds is 2. The number of aromatic amines is 1. The Balaban J connectivity index is 2.26. The summed E-state index contributed by atoms with van der Waals surface area (Å²) in [5.41, 5.74) is 1.87. The molecule has 80 valence electrons. The zero-order valence-electron chi connectivity index (χ0n) is 8.88. The van der Waals surface area contributed by atoms with E-state index in [0.717, 1.165) is 29.0 Å². The zero-order chi connectivity index (χ0) is 11.0. The molecule has 0 radical (unpaired) electrons. The molecule has 0 spiro atoms. The summed E-state index contributed by atoms with van der Waals surface area (Å²) < 4.78 is 1.97. The van der Waals surface area contributed by atoms with Gasteiger partial charge in [-0.15, -0.1) is 10.2 Å². The highest BCUT2D eigenvalue weighted by Crippen LogP contribution is 2.23. The Morgan fingerprint density at radius 3 is 3.06 bits per heavy atom. The maximum absolute atomic E-state index is 4.30. The molecule has 3 rings (SSSR count). The molecule has 0 saturated heterocycles. The maximum atomic E-state index is 4.30. The number of hydrogen-bond donors (Lipinski definition) is 1. The van der Waals surface area contributed by atoms with Gasteiger partial charge in [0, 0.05) is 11.9 Å². The lowest BCUT2D eigenvalue weighted by Gasteiger charge is -1.99. The molecule has 5 nitrogen and oxygen atoms in total. The first-order chi connectivity index (χ1) is 7.90. The van der Waals surface area contributed by atoms with E-state index in [1.54, 1.807) is 6.33 Å². The van der Waals surface area contributed by atoms with Crippen molar-refractivity contribution in [2.24, 2.45) is 0 Å². The van der Waals surface area contributed by atoms with Crippen molar-refractivity contribution in [2.75, 3.05) is 0 Å². The first kappa shape index (κ1) is 9.08. The van der Waals surface area contributed by atoms with Crippen molar-refractivity contribution in [1.82, 2.24) is 25.0 Å². The molecular formula is C11H11N5. The van der Waals surface area contributed by atoms with Gasteiger partial charge in [0.2, 0.25) is 0 Å². The minimum Gasteiger partial charge on any atom is -0.313 e. The number of nitrogens with one attached hydrogen (secondary N) is 1. The molecule has 0 atom stereocenters. The molecule has 16 heavy (non-hydrogen) atoms. The van der Waals surface area contributed by atoms with Crippen LogP contribution in [0.4, 0.5) is 0 Å². The molecule has 2 aromatic heterocycles. The third kappa shape index (κ3) is 1.21. The van der Waals surface area contributed by atoms with Gasteiger partial charge in [-0.2, -0.15) is 5.10 Å². The first-order valence-electron chi connectivity index (χ1n) is 5.21. The van der Waals surface area contributed by atoms with E-state index < -0.39 is 0 Å². The van der Waals surface area contributed by atoms with Crippen molar-refractivity contribution in [1.29, 1.82) is 0 Å². The minimum atomic E-state index is 0.806. The number of aryl methyl sites for hydroxylation is 1. The van der Waals surface area contributed by atoms with E-state index in [1.165, 1.54) is 0 Å². The van der Waals surface area contributed by atoms with Crippen molar-refractivity contribution >= 4 is 10.9 Å². The lowest BCUT2D eigenvalue weighted by Crippen LogP contribution is -1.96. The van der Waals surface area contributed by atoms with Gasteiger partial charge in [-0.05, 0) is 13.0 Å². The molecule has 5 heteroatoms. The number of para-hydroxylation sites is 1. The van der Waals surface area contributed by atoms with E-state index in [0.29, 0.717) is 0 Å². The van der Waals surface area contributed by atoms with Crippen LogP contribution in [0.2, 0.25) is 0 Å². The number of H-pyrrole nitrogens is 1. The number of fused-ring (bicyclic) bond motifs is 1. The van der Waals surface area contributed by atoms with Crippen LogP contribution in [-0.2, 0) is 6.54 Å². The first-order valence-corrected chi connectivity index (χ1v) is 5.21. The SMILES string of the molecule is CCn1cnnc1-c1n[nH]c2ccccc12.